The van der Waals surface area contributed by atoms with Gasteiger partial charge in [0.25, 0.3) is 0 Å². The number of amides is 1. The number of likely N-dealkylation sites (N-methyl/N-ethyl adjacent to an activating group) is 1. The van der Waals surface area contributed by atoms with Crippen molar-refractivity contribution >= 4 is 5.91 Å². The van der Waals surface area contributed by atoms with Gasteiger partial charge in [0.1, 0.15) is 6.04 Å². The summed E-state index contributed by atoms with van der Waals surface area (Å²) < 4.78 is 0. The van der Waals surface area contributed by atoms with Crippen molar-refractivity contribution in [3.8, 4) is 0 Å². The molecule has 1 amide bonds. The highest BCUT2D eigenvalue weighted by molar-refractivity contribution is 5.82. The number of carbonyl (C=O) groups is 1. The number of carbonyl (C=O) groups excluding carboxylic acids is 1. The van der Waals surface area contributed by atoms with Crippen LogP contribution in [0.3, 0.4) is 0 Å². The molecule has 1 aromatic rings. The molecule has 2 rings (SSSR count). The van der Waals surface area contributed by atoms with Crippen LogP contribution in [-0.2, 0) is 11.3 Å². The van der Waals surface area contributed by atoms with Crippen LogP contribution in [0.4, 0.5) is 0 Å². The van der Waals surface area contributed by atoms with Crippen LogP contribution in [0.15, 0.2) is 24.5 Å². The molecule has 1 aromatic heterocycles. The number of rotatable bonds is 3. The summed E-state index contributed by atoms with van der Waals surface area (Å²) in [5, 5.41) is 6.17. The van der Waals surface area contributed by atoms with E-state index >= 15 is 0 Å². The molecule has 2 N–H and O–H groups in total. The summed E-state index contributed by atoms with van der Waals surface area (Å²) in [5.41, 5.74) is 1.02. The van der Waals surface area contributed by atoms with E-state index < -0.39 is 0 Å². The van der Waals surface area contributed by atoms with E-state index in [4.69, 9.17) is 0 Å². The van der Waals surface area contributed by atoms with Crippen LogP contribution in [0.25, 0.3) is 0 Å². The quantitative estimate of drug-likeness (QED) is 0.747. The van der Waals surface area contributed by atoms with Crippen LogP contribution in [0.1, 0.15) is 5.56 Å². The molecule has 1 aliphatic rings. The highest BCUT2D eigenvalue weighted by Gasteiger charge is 2.25. The van der Waals surface area contributed by atoms with Gasteiger partial charge in [0.15, 0.2) is 0 Å². The maximum absolute atomic E-state index is 12.0. The Balaban J connectivity index is 1.84. The average Bonchev–Trinajstić information content (AvgIpc) is 2.38. The predicted octanol–water partition coefficient (Wildman–Crippen LogP) is -0.399. The summed E-state index contributed by atoms with van der Waals surface area (Å²) in [5.74, 6) is 0.0727. The Labute approximate surface area is 101 Å². The number of aromatic nitrogens is 1. The Hall–Kier alpha value is -1.46. The Morgan fingerprint density at radius 3 is 3.29 bits per heavy atom. The molecule has 0 saturated carbocycles. The maximum atomic E-state index is 12.0. The summed E-state index contributed by atoms with van der Waals surface area (Å²) in [6.07, 6.45) is 3.49. The van der Waals surface area contributed by atoms with E-state index in [1.54, 1.807) is 12.4 Å². The van der Waals surface area contributed by atoms with Crippen LogP contribution >= 0.6 is 0 Å². The van der Waals surface area contributed by atoms with Gasteiger partial charge in [-0.15, -0.1) is 0 Å². The smallest absolute Gasteiger partial charge is 0.238 e. The highest BCUT2D eigenvalue weighted by Crippen LogP contribution is 2.01. The molecule has 0 aliphatic carbocycles. The number of piperazine rings is 1. The van der Waals surface area contributed by atoms with Gasteiger partial charge in [-0.2, -0.15) is 0 Å². The molecule has 0 aromatic carbocycles. The second-order valence-corrected chi connectivity index (χ2v) is 4.28. The van der Waals surface area contributed by atoms with Crippen molar-refractivity contribution in [2.75, 3.05) is 26.7 Å². The molecule has 1 atom stereocenters. The van der Waals surface area contributed by atoms with Crippen molar-refractivity contribution in [2.24, 2.45) is 0 Å². The lowest BCUT2D eigenvalue weighted by Gasteiger charge is -2.31. The van der Waals surface area contributed by atoms with Crippen molar-refractivity contribution in [3.63, 3.8) is 0 Å². The monoisotopic (exact) mass is 234 g/mol. The normalized spacial score (nSPS) is 21.1. The molecule has 92 valence electrons. The number of nitrogens with zero attached hydrogens (tertiary/aromatic N) is 2. The Bertz CT molecular complexity index is 368. The van der Waals surface area contributed by atoms with E-state index in [1.807, 2.05) is 19.2 Å². The topological polar surface area (TPSA) is 57.3 Å². The van der Waals surface area contributed by atoms with Crippen molar-refractivity contribution in [1.29, 1.82) is 0 Å². The molecule has 1 aliphatic heterocycles. The molecule has 1 fully saturated rings. The van der Waals surface area contributed by atoms with Crippen LogP contribution in [-0.4, -0.2) is 48.5 Å². The summed E-state index contributed by atoms with van der Waals surface area (Å²) in [6.45, 7) is 3.11. The van der Waals surface area contributed by atoms with Gasteiger partial charge in [-0.3, -0.25) is 14.7 Å². The van der Waals surface area contributed by atoms with Gasteiger partial charge in [0, 0.05) is 38.6 Å². The first kappa shape index (κ1) is 12.0. The summed E-state index contributed by atoms with van der Waals surface area (Å²) in [7, 11) is 1.98. The van der Waals surface area contributed by atoms with Gasteiger partial charge in [0.2, 0.25) is 5.91 Å². The van der Waals surface area contributed by atoms with E-state index in [2.05, 4.69) is 20.5 Å². The minimum Gasteiger partial charge on any atom is -0.351 e. The fraction of sp³-hybridized carbons (Fsp3) is 0.500. The van der Waals surface area contributed by atoms with Crippen molar-refractivity contribution < 1.29 is 4.79 Å². The van der Waals surface area contributed by atoms with Crippen LogP contribution in [0.5, 0.6) is 0 Å². The van der Waals surface area contributed by atoms with E-state index in [0.29, 0.717) is 6.54 Å². The number of hydrogen-bond acceptors (Lipinski definition) is 4. The van der Waals surface area contributed by atoms with Crippen LogP contribution in [0.2, 0.25) is 0 Å². The van der Waals surface area contributed by atoms with Crippen molar-refractivity contribution in [1.82, 2.24) is 20.5 Å². The Morgan fingerprint density at radius 2 is 2.59 bits per heavy atom. The first-order valence-corrected chi connectivity index (χ1v) is 5.85. The first-order chi connectivity index (χ1) is 8.27. The van der Waals surface area contributed by atoms with E-state index in [9.17, 15) is 4.79 Å². The largest absolute Gasteiger partial charge is 0.351 e. The van der Waals surface area contributed by atoms with Crippen LogP contribution in [0, 0.1) is 0 Å². The Morgan fingerprint density at radius 1 is 1.71 bits per heavy atom. The summed E-state index contributed by atoms with van der Waals surface area (Å²) in [6, 6.07) is 3.76. The molecule has 1 saturated heterocycles. The molecular weight excluding hydrogens is 216 g/mol. The zero-order valence-corrected chi connectivity index (χ0v) is 10.0. The van der Waals surface area contributed by atoms with Gasteiger partial charge in [-0.1, -0.05) is 6.07 Å². The molecule has 2 heterocycles. The van der Waals surface area contributed by atoms with Crippen LogP contribution < -0.4 is 10.6 Å². The zero-order chi connectivity index (χ0) is 12.1. The molecule has 5 nitrogen and oxygen atoms in total. The number of hydrogen-bond donors (Lipinski definition) is 2. The first-order valence-electron chi connectivity index (χ1n) is 5.85. The Kier molecular flexibility index (Phi) is 4.06. The SMILES string of the molecule is CN1CCNCC1C(=O)NCc1cccnc1. The highest BCUT2D eigenvalue weighted by atomic mass is 16.2. The fourth-order valence-electron chi connectivity index (χ4n) is 1.91. The minimum atomic E-state index is -0.0691. The molecule has 1 unspecified atom stereocenters. The van der Waals surface area contributed by atoms with Gasteiger partial charge in [0.05, 0.1) is 0 Å². The lowest BCUT2D eigenvalue weighted by Crippen LogP contribution is -2.56. The van der Waals surface area contributed by atoms with Gasteiger partial charge < -0.3 is 10.6 Å². The molecule has 0 radical (unpaired) electrons. The molecular formula is C12H18N4O. The van der Waals surface area contributed by atoms with Gasteiger partial charge in [-0.05, 0) is 18.7 Å². The fourth-order valence-corrected chi connectivity index (χ4v) is 1.91. The minimum absolute atomic E-state index is 0.0691. The third-order valence-corrected chi connectivity index (χ3v) is 3.00. The van der Waals surface area contributed by atoms with Gasteiger partial charge >= 0.3 is 0 Å². The zero-order valence-electron chi connectivity index (χ0n) is 10.0. The third kappa shape index (κ3) is 3.25. The second kappa shape index (κ2) is 5.75. The van der Waals surface area contributed by atoms with Crippen molar-refractivity contribution in [2.45, 2.75) is 12.6 Å². The molecule has 17 heavy (non-hydrogen) atoms. The maximum Gasteiger partial charge on any atom is 0.238 e. The summed E-state index contributed by atoms with van der Waals surface area (Å²) >= 11 is 0. The molecule has 0 spiro atoms. The standard InChI is InChI=1S/C12H18N4O/c1-16-6-5-14-9-11(16)12(17)15-8-10-3-2-4-13-7-10/h2-4,7,11,14H,5-6,8-9H2,1H3,(H,15,17). The second-order valence-electron chi connectivity index (χ2n) is 4.28. The lowest BCUT2D eigenvalue weighted by atomic mass is 10.2. The van der Waals surface area contributed by atoms with Crippen molar-refractivity contribution in [3.05, 3.63) is 30.1 Å². The molecule has 5 heteroatoms. The molecule has 0 bridgehead atoms. The third-order valence-electron chi connectivity index (χ3n) is 3.00. The summed E-state index contributed by atoms with van der Waals surface area (Å²) in [4.78, 5) is 18.1. The average molecular weight is 234 g/mol. The number of nitrogens with one attached hydrogen (secondary N) is 2. The van der Waals surface area contributed by atoms with E-state index in [1.165, 1.54) is 0 Å². The predicted molar refractivity (Wildman–Crippen MR) is 65.4 cm³/mol. The number of pyridine rings is 1. The van der Waals surface area contributed by atoms with E-state index in [-0.39, 0.29) is 11.9 Å². The van der Waals surface area contributed by atoms with E-state index in [0.717, 1.165) is 25.2 Å². The lowest BCUT2D eigenvalue weighted by molar-refractivity contribution is -0.126. The van der Waals surface area contributed by atoms with Gasteiger partial charge in [-0.25, -0.2) is 0 Å².